The minimum Gasteiger partial charge on any atom is -0.369 e. The van der Waals surface area contributed by atoms with E-state index in [-0.39, 0.29) is 11.8 Å². The first-order valence-electron chi connectivity index (χ1n) is 8.32. The lowest BCUT2D eigenvalue weighted by Crippen LogP contribution is -2.68. The molecule has 2 aliphatic heterocycles. The van der Waals surface area contributed by atoms with Crippen LogP contribution >= 0.6 is 11.6 Å². The normalized spacial score (nSPS) is 25.8. The quantitative estimate of drug-likeness (QED) is 0.904. The molecule has 0 bridgehead atoms. The minimum absolute atomic E-state index is 0.0322. The summed E-state index contributed by atoms with van der Waals surface area (Å²) in [6, 6.07) is 7.38. The average molecular weight is 351 g/mol. The first-order valence-corrected chi connectivity index (χ1v) is 8.70. The molecule has 6 heteroatoms. The van der Waals surface area contributed by atoms with E-state index in [1.54, 1.807) is 17.0 Å². The van der Waals surface area contributed by atoms with Gasteiger partial charge in [-0.15, -0.1) is 0 Å². The number of likely N-dealkylation sites (tertiary alicyclic amines) is 1. The molecule has 0 spiro atoms. The summed E-state index contributed by atoms with van der Waals surface area (Å²) >= 11 is 5.90. The standard InChI is InChI=1S/C18H23ClN2O3/c1-17(8-2-3-9-24-17)16(23)21-11-18(12-21,15(20)22)10-13-4-6-14(19)7-5-13/h4-7H,2-3,8-12H2,1H3,(H2,20,22). The maximum atomic E-state index is 12.7. The molecule has 0 aliphatic carbocycles. The first kappa shape index (κ1) is 17.2. The summed E-state index contributed by atoms with van der Waals surface area (Å²) in [5.41, 5.74) is 5.18. The summed E-state index contributed by atoms with van der Waals surface area (Å²) in [6.07, 6.45) is 3.22. The van der Waals surface area contributed by atoms with Gasteiger partial charge in [0.1, 0.15) is 5.60 Å². The van der Waals surface area contributed by atoms with Gasteiger partial charge in [-0.25, -0.2) is 0 Å². The van der Waals surface area contributed by atoms with Gasteiger partial charge in [0, 0.05) is 24.7 Å². The highest BCUT2D eigenvalue weighted by atomic mass is 35.5. The van der Waals surface area contributed by atoms with E-state index in [0.717, 1.165) is 24.8 Å². The zero-order chi connectivity index (χ0) is 17.4. The van der Waals surface area contributed by atoms with Crippen LogP contribution in [-0.2, 0) is 20.7 Å². The molecule has 2 fully saturated rings. The number of hydrogen-bond acceptors (Lipinski definition) is 3. The van der Waals surface area contributed by atoms with Gasteiger partial charge in [0.2, 0.25) is 5.91 Å². The van der Waals surface area contributed by atoms with Crippen molar-refractivity contribution in [3.63, 3.8) is 0 Å². The number of carbonyl (C=O) groups excluding carboxylic acids is 2. The lowest BCUT2D eigenvalue weighted by molar-refractivity contribution is -0.175. The summed E-state index contributed by atoms with van der Waals surface area (Å²) in [4.78, 5) is 26.5. The molecule has 2 heterocycles. The van der Waals surface area contributed by atoms with E-state index in [1.165, 1.54) is 0 Å². The molecule has 130 valence electrons. The van der Waals surface area contributed by atoms with Gasteiger partial charge in [-0.05, 0) is 50.3 Å². The Morgan fingerprint density at radius 1 is 1.25 bits per heavy atom. The number of nitrogens with zero attached hydrogens (tertiary/aromatic N) is 1. The molecule has 3 rings (SSSR count). The number of nitrogens with two attached hydrogens (primary N) is 1. The smallest absolute Gasteiger partial charge is 0.254 e. The van der Waals surface area contributed by atoms with Crippen LogP contribution in [0, 0.1) is 5.41 Å². The molecule has 2 saturated heterocycles. The van der Waals surface area contributed by atoms with Gasteiger partial charge >= 0.3 is 0 Å². The van der Waals surface area contributed by atoms with E-state index in [0.29, 0.717) is 31.1 Å². The van der Waals surface area contributed by atoms with Gasteiger partial charge in [0.15, 0.2) is 0 Å². The molecule has 5 nitrogen and oxygen atoms in total. The molecule has 2 amide bonds. The van der Waals surface area contributed by atoms with E-state index >= 15 is 0 Å². The van der Waals surface area contributed by atoms with Crippen molar-refractivity contribution in [2.45, 2.75) is 38.2 Å². The monoisotopic (exact) mass is 350 g/mol. The number of hydrogen-bond donors (Lipinski definition) is 1. The van der Waals surface area contributed by atoms with Crippen molar-refractivity contribution in [1.29, 1.82) is 0 Å². The third kappa shape index (κ3) is 3.15. The first-order chi connectivity index (χ1) is 11.3. The van der Waals surface area contributed by atoms with Crippen molar-refractivity contribution in [1.82, 2.24) is 4.90 Å². The molecule has 0 radical (unpaired) electrons. The molecule has 1 aromatic rings. The fourth-order valence-corrected chi connectivity index (χ4v) is 3.74. The predicted octanol–water partition coefficient (Wildman–Crippen LogP) is 2.16. The number of benzene rings is 1. The summed E-state index contributed by atoms with van der Waals surface area (Å²) in [6.45, 7) is 3.16. The SMILES string of the molecule is CC1(C(=O)N2CC(Cc3ccc(Cl)cc3)(C(N)=O)C2)CCCCO1. The topological polar surface area (TPSA) is 72.6 Å². The highest BCUT2D eigenvalue weighted by molar-refractivity contribution is 6.30. The Hall–Kier alpha value is -1.59. The number of amides is 2. The molecule has 24 heavy (non-hydrogen) atoms. The van der Waals surface area contributed by atoms with E-state index in [4.69, 9.17) is 22.1 Å². The highest BCUT2D eigenvalue weighted by Gasteiger charge is 2.53. The minimum atomic E-state index is -0.762. The molecule has 2 aliphatic rings. The van der Waals surface area contributed by atoms with Crippen LogP contribution in [0.2, 0.25) is 5.02 Å². The molecular formula is C18H23ClN2O3. The molecule has 1 unspecified atom stereocenters. The summed E-state index contributed by atoms with van der Waals surface area (Å²) in [5.74, 6) is -0.397. The second-order valence-corrected chi connectivity index (χ2v) is 7.58. The number of halogens is 1. The van der Waals surface area contributed by atoms with Crippen molar-refractivity contribution < 1.29 is 14.3 Å². The Morgan fingerprint density at radius 2 is 1.92 bits per heavy atom. The van der Waals surface area contributed by atoms with Crippen molar-refractivity contribution >= 4 is 23.4 Å². The number of rotatable bonds is 4. The third-order valence-electron chi connectivity index (χ3n) is 5.17. The molecule has 0 saturated carbocycles. The summed E-state index contributed by atoms with van der Waals surface area (Å²) in [7, 11) is 0. The van der Waals surface area contributed by atoms with E-state index in [1.807, 2.05) is 19.1 Å². The fraction of sp³-hybridized carbons (Fsp3) is 0.556. The summed E-state index contributed by atoms with van der Waals surface area (Å²) in [5, 5.41) is 0.652. The maximum absolute atomic E-state index is 12.7. The van der Waals surface area contributed by atoms with Crippen molar-refractivity contribution in [3.8, 4) is 0 Å². The predicted molar refractivity (Wildman–Crippen MR) is 91.6 cm³/mol. The molecule has 0 aromatic heterocycles. The second-order valence-electron chi connectivity index (χ2n) is 7.15. The van der Waals surface area contributed by atoms with Gasteiger partial charge in [-0.3, -0.25) is 9.59 Å². The zero-order valence-electron chi connectivity index (χ0n) is 13.9. The Labute approximate surface area is 147 Å². The van der Waals surface area contributed by atoms with Gasteiger partial charge in [-0.1, -0.05) is 23.7 Å². The van der Waals surface area contributed by atoms with Crippen LogP contribution < -0.4 is 5.73 Å². The Morgan fingerprint density at radius 3 is 2.46 bits per heavy atom. The van der Waals surface area contributed by atoms with Crippen molar-refractivity contribution in [3.05, 3.63) is 34.9 Å². The number of carbonyl (C=O) groups is 2. The lowest BCUT2D eigenvalue weighted by atomic mass is 9.73. The van der Waals surface area contributed by atoms with Crippen molar-refractivity contribution in [2.24, 2.45) is 11.1 Å². The third-order valence-corrected chi connectivity index (χ3v) is 5.43. The van der Waals surface area contributed by atoms with Gasteiger partial charge in [0.25, 0.3) is 5.91 Å². The number of ether oxygens (including phenoxy) is 1. The largest absolute Gasteiger partial charge is 0.369 e. The molecule has 2 N–H and O–H groups in total. The van der Waals surface area contributed by atoms with Crippen LogP contribution in [0.25, 0.3) is 0 Å². The van der Waals surface area contributed by atoms with E-state index in [9.17, 15) is 9.59 Å². The van der Waals surface area contributed by atoms with Crippen molar-refractivity contribution in [2.75, 3.05) is 19.7 Å². The van der Waals surface area contributed by atoms with E-state index < -0.39 is 11.0 Å². The highest BCUT2D eigenvalue weighted by Crippen LogP contribution is 2.37. The molecular weight excluding hydrogens is 328 g/mol. The average Bonchev–Trinajstić information content (AvgIpc) is 2.52. The van der Waals surface area contributed by atoms with Gasteiger partial charge < -0.3 is 15.4 Å². The second kappa shape index (κ2) is 6.37. The van der Waals surface area contributed by atoms with E-state index in [2.05, 4.69) is 0 Å². The van der Waals surface area contributed by atoms with Crippen LogP contribution in [0.5, 0.6) is 0 Å². The number of primary amides is 1. The van der Waals surface area contributed by atoms with Crippen LogP contribution in [0.15, 0.2) is 24.3 Å². The Balaban J connectivity index is 1.68. The summed E-state index contributed by atoms with van der Waals surface area (Å²) < 4.78 is 5.72. The van der Waals surface area contributed by atoms with Crippen LogP contribution in [0.1, 0.15) is 31.7 Å². The van der Waals surface area contributed by atoms with Crippen LogP contribution in [0.3, 0.4) is 0 Å². The Kier molecular flexibility index (Phi) is 4.58. The van der Waals surface area contributed by atoms with Crippen LogP contribution in [-0.4, -0.2) is 42.0 Å². The van der Waals surface area contributed by atoms with Gasteiger partial charge in [0.05, 0.1) is 5.41 Å². The fourth-order valence-electron chi connectivity index (χ4n) is 3.61. The van der Waals surface area contributed by atoms with Gasteiger partial charge in [-0.2, -0.15) is 0 Å². The van der Waals surface area contributed by atoms with Crippen LogP contribution in [0.4, 0.5) is 0 Å². The Bertz CT molecular complexity index is 632. The lowest BCUT2D eigenvalue weighted by Gasteiger charge is -2.51. The molecule has 1 atom stereocenters. The maximum Gasteiger partial charge on any atom is 0.254 e. The molecule has 1 aromatic carbocycles. The zero-order valence-corrected chi connectivity index (χ0v) is 14.6.